The molecular formula is C12H14BrN3S. The maximum Gasteiger partial charge on any atom is 0.186 e. The van der Waals surface area contributed by atoms with Crippen LogP contribution in [-0.2, 0) is 0 Å². The number of rotatable bonds is 1. The lowest BCUT2D eigenvalue weighted by Crippen LogP contribution is -2.27. The molecule has 1 aromatic heterocycles. The fraction of sp³-hybridized carbons (Fsp3) is 0.417. The van der Waals surface area contributed by atoms with Crippen LogP contribution in [0.1, 0.15) is 6.42 Å². The minimum Gasteiger partial charge on any atom is -0.347 e. The van der Waals surface area contributed by atoms with Crippen LogP contribution in [0.15, 0.2) is 22.7 Å². The standard InChI is InChI=1S/C12H14BrN3S/c13-9-2-3-10-11(8-9)17-12(15-10)16-6-1-4-14-5-7-16/h2-3,8,14H,1,4-7H2. The third-order valence-electron chi connectivity index (χ3n) is 2.95. The van der Waals surface area contributed by atoms with Crippen molar-refractivity contribution in [3.8, 4) is 0 Å². The summed E-state index contributed by atoms with van der Waals surface area (Å²) in [6.45, 7) is 4.33. The Hall–Kier alpha value is -0.650. The van der Waals surface area contributed by atoms with Crippen molar-refractivity contribution in [1.29, 1.82) is 0 Å². The summed E-state index contributed by atoms with van der Waals surface area (Å²) >= 11 is 5.29. The average Bonchev–Trinajstić information content (AvgIpc) is 2.57. The summed E-state index contributed by atoms with van der Waals surface area (Å²) in [5, 5.41) is 4.57. The van der Waals surface area contributed by atoms with E-state index in [1.807, 2.05) is 0 Å². The quantitative estimate of drug-likeness (QED) is 0.878. The number of anilines is 1. The van der Waals surface area contributed by atoms with Crippen LogP contribution < -0.4 is 10.2 Å². The molecule has 1 saturated heterocycles. The van der Waals surface area contributed by atoms with Gasteiger partial charge in [0.1, 0.15) is 0 Å². The molecule has 2 heterocycles. The Labute approximate surface area is 113 Å². The molecule has 1 aromatic carbocycles. The minimum atomic E-state index is 1.06. The first-order valence-corrected chi connectivity index (χ1v) is 7.46. The maximum atomic E-state index is 4.72. The average molecular weight is 312 g/mol. The summed E-state index contributed by atoms with van der Waals surface area (Å²) in [7, 11) is 0. The van der Waals surface area contributed by atoms with E-state index in [2.05, 4.69) is 44.3 Å². The summed E-state index contributed by atoms with van der Waals surface area (Å²) in [5.41, 5.74) is 1.10. The van der Waals surface area contributed by atoms with Crippen molar-refractivity contribution in [3.05, 3.63) is 22.7 Å². The van der Waals surface area contributed by atoms with Crippen LogP contribution >= 0.6 is 27.3 Å². The largest absolute Gasteiger partial charge is 0.347 e. The van der Waals surface area contributed by atoms with Gasteiger partial charge >= 0.3 is 0 Å². The van der Waals surface area contributed by atoms with Gasteiger partial charge in [0, 0.05) is 24.1 Å². The Balaban J connectivity index is 1.93. The molecule has 0 radical (unpaired) electrons. The third kappa shape index (κ3) is 2.46. The van der Waals surface area contributed by atoms with Crippen molar-refractivity contribution in [2.24, 2.45) is 0 Å². The molecule has 0 atom stereocenters. The highest BCUT2D eigenvalue weighted by atomic mass is 79.9. The number of hydrogen-bond acceptors (Lipinski definition) is 4. The van der Waals surface area contributed by atoms with Gasteiger partial charge in [-0.15, -0.1) is 0 Å². The van der Waals surface area contributed by atoms with Crippen LogP contribution in [0.3, 0.4) is 0 Å². The number of hydrogen-bond donors (Lipinski definition) is 1. The Morgan fingerprint density at radius 3 is 3.18 bits per heavy atom. The van der Waals surface area contributed by atoms with Crippen LogP contribution in [-0.4, -0.2) is 31.2 Å². The highest BCUT2D eigenvalue weighted by Gasteiger charge is 2.13. The lowest BCUT2D eigenvalue weighted by atomic mass is 10.3. The molecule has 0 spiro atoms. The molecule has 1 aliphatic rings. The molecule has 0 amide bonds. The number of nitrogens with zero attached hydrogens (tertiary/aromatic N) is 2. The van der Waals surface area contributed by atoms with Gasteiger partial charge in [0.15, 0.2) is 5.13 Å². The normalized spacial score (nSPS) is 17.4. The molecule has 1 N–H and O–H groups in total. The summed E-state index contributed by atoms with van der Waals surface area (Å²) in [5.74, 6) is 0. The molecule has 1 fully saturated rings. The van der Waals surface area contributed by atoms with E-state index >= 15 is 0 Å². The molecule has 1 aliphatic heterocycles. The van der Waals surface area contributed by atoms with Crippen LogP contribution in [0.4, 0.5) is 5.13 Å². The van der Waals surface area contributed by atoms with Crippen LogP contribution in [0.25, 0.3) is 10.2 Å². The van der Waals surface area contributed by atoms with Crippen molar-refractivity contribution in [3.63, 3.8) is 0 Å². The Morgan fingerprint density at radius 2 is 2.24 bits per heavy atom. The fourth-order valence-corrected chi connectivity index (χ4v) is 3.63. The van der Waals surface area contributed by atoms with E-state index in [9.17, 15) is 0 Å². The van der Waals surface area contributed by atoms with E-state index in [0.717, 1.165) is 41.3 Å². The molecule has 0 bridgehead atoms. The zero-order valence-corrected chi connectivity index (χ0v) is 11.9. The van der Waals surface area contributed by atoms with E-state index in [0.29, 0.717) is 0 Å². The Morgan fingerprint density at radius 1 is 1.29 bits per heavy atom. The second-order valence-electron chi connectivity index (χ2n) is 4.20. The second kappa shape index (κ2) is 4.92. The molecule has 5 heteroatoms. The van der Waals surface area contributed by atoms with Gasteiger partial charge in [-0.25, -0.2) is 4.98 Å². The van der Waals surface area contributed by atoms with E-state index in [1.165, 1.54) is 11.1 Å². The Kier molecular flexibility index (Phi) is 3.31. The molecule has 0 unspecified atom stereocenters. The first-order chi connectivity index (χ1) is 8.33. The summed E-state index contributed by atoms with van der Waals surface area (Å²) < 4.78 is 2.38. The number of benzene rings is 1. The summed E-state index contributed by atoms with van der Waals surface area (Å²) in [6, 6.07) is 6.28. The van der Waals surface area contributed by atoms with Crippen molar-refractivity contribution >= 4 is 42.6 Å². The monoisotopic (exact) mass is 311 g/mol. The molecular weight excluding hydrogens is 298 g/mol. The van der Waals surface area contributed by atoms with E-state index in [4.69, 9.17) is 4.98 Å². The zero-order valence-electron chi connectivity index (χ0n) is 9.45. The van der Waals surface area contributed by atoms with Crippen molar-refractivity contribution in [2.45, 2.75) is 6.42 Å². The van der Waals surface area contributed by atoms with E-state index in [-0.39, 0.29) is 0 Å². The van der Waals surface area contributed by atoms with Gasteiger partial charge in [-0.2, -0.15) is 0 Å². The van der Waals surface area contributed by atoms with Gasteiger partial charge in [0.05, 0.1) is 10.2 Å². The molecule has 17 heavy (non-hydrogen) atoms. The number of fused-ring (bicyclic) bond motifs is 1. The topological polar surface area (TPSA) is 28.2 Å². The fourth-order valence-electron chi connectivity index (χ4n) is 2.06. The highest BCUT2D eigenvalue weighted by molar-refractivity contribution is 9.10. The van der Waals surface area contributed by atoms with Crippen molar-refractivity contribution < 1.29 is 0 Å². The van der Waals surface area contributed by atoms with Crippen molar-refractivity contribution in [1.82, 2.24) is 10.3 Å². The number of halogens is 1. The first kappa shape index (κ1) is 11.4. The number of aromatic nitrogens is 1. The minimum absolute atomic E-state index is 1.06. The van der Waals surface area contributed by atoms with Crippen molar-refractivity contribution in [2.75, 3.05) is 31.1 Å². The maximum absolute atomic E-state index is 4.72. The zero-order chi connectivity index (χ0) is 11.7. The van der Waals surface area contributed by atoms with Gasteiger partial charge in [0.25, 0.3) is 0 Å². The van der Waals surface area contributed by atoms with E-state index in [1.54, 1.807) is 11.3 Å². The molecule has 90 valence electrons. The predicted octanol–water partition coefficient (Wildman–Crippen LogP) is 2.86. The van der Waals surface area contributed by atoms with Gasteiger partial charge in [-0.05, 0) is 31.2 Å². The molecule has 3 rings (SSSR count). The highest BCUT2D eigenvalue weighted by Crippen LogP contribution is 2.30. The number of nitrogens with one attached hydrogen (secondary N) is 1. The second-order valence-corrected chi connectivity index (χ2v) is 6.12. The van der Waals surface area contributed by atoms with Crippen LogP contribution in [0, 0.1) is 0 Å². The molecule has 0 aliphatic carbocycles. The summed E-state index contributed by atoms with van der Waals surface area (Å²) in [4.78, 5) is 7.10. The van der Waals surface area contributed by atoms with Gasteiger partial charge < -0.3 is 10.2 Å². The van der Waals surface area contributed by atoms with Gasteiger partial charge in [-0.3, -0.25) is 0 Å². The Bertz CT molecular complexity index is 517. The van der Waals surface area contributed by atoms with Gasteiger partial charge in [0.2, 0.25) is 0 Å². The molecule has 2 aromatic rings. The third-order valence-corrected chi connectivity index (χ3v) is 4.52. The lowest BCUT2D eigenvalue weighted by molar-refractivity contribution is 0.724. The van der Waals surface area contributed by atoms with Crippen LogP contribution in [0.5, 0.6) is 0 Å². The molecule has 0 saturated carbocycles. The smallest absolute Gasteiger partial charge is 0.186 e. The SMILES string of the molecule is Brc1ccc2nc(N3CCCNCC3)sc2c1. The lowest BCUT2D eigenvalue weighted by Gasteiger charge is -2.17. The van der Waals surface area contributed by atoms with Gasteiger partial charge in [-0.1, -0.05) is 27.3 Å². The molecule has 3 nitrogen and oxygen atoms in total. The van der Waals surface area contributed by atoms with E-state index < -0.39 is 0 Å². The predicted molar refractivity (Wildman–Crippen MR) is 77.0 cm³/mol. The van der Waals surface area contributed by atoms with Crippen LogP contribution in [0.2, 0.25) is 0 Å². The summed E-state index contributed by atoms with van der Waals surface area (Å²) in [6.07, 6.45) is 1.19. The first-order valence-electron chi connectivity index (χ1n) is 5.85. The number of thiazole rings is 1.